The number of aromatic nitrogens is 3. The molecule has 1 amide bonds. The molecule has 5 heteroatoms. The summed E-state index contributed by atoms with van der Waals surface area (Å²) >= 11 is 0. The molecule has 146 valence electrons. The van der Waals surface area contributed by atoms with Gasteiger partial charge >= 0.3 is 0 Å². The minimum absolute atomic E-state index is 0.0623. The average Bonchev–Trinajstić information content (AvgIpc) is 3.34. The van der Waals surface area contributed by atoms with Crippen LogP contribution in [0.1, 0.15) is 61.8 Å². The van der Waals surface area contributed by atoms with Crippen LogP contribution in [0.5, 0.6) is 0 Å². The maximum absolute atomic E-state index is 13.2. The highest BCUT2D eigenvalue weighted by Gasteiger charge is 2.26. The molecule has 1 aromatic carbocycles. The second kappa shape index (κ2) is 8.13. The lowest BCUT2D eigenvalue weighted by atomic mass is 10.1. The predicted molar refractivity (Wildman–Crippen MR) is 111 cm³/mol. The minimum atomic E-state index is 0.0623. The van der Waals surface area contributed by atoms with Gasteiger partial charge in [-0.2, -0.15) is 0 Å². The third-order valence-electron chi connectivity index (χ3n) is 5.44. The molecule has 0 atom stereocenters. The van der Waals surface area contributed by atoms with Crippen LogP contribution in [0.4, 0.5) is 0 Å². The summed E-state index contributed by atoms with van der Waals surface area (Å²) in [5.74, 6) is 1.40. The monoisotopic (exact) mass is 376 g/mol. The van der Waals surface area contributed by atoms with E-state index in [0.29, 0.717) is 25.0 Å². The Labute approximate surface area is 166 Å². The maximum atomic E-state index is 13.2. The fourth-order valence-electron chi connectivity index (χ4n) is 4.23. The Balaban J connectivity index is 1.71. The third kappa shape index (κ3) is 3.79. The van der Waals surface area contributed by atoms with Crippen LogP contribution in [0, 0.1) is 5.92 Å². The van der Waals surface area contributed by atoms with Gasteiger partial charge in [-0.25, -0.2) is 9.97 Å². The van der Waals surface area contributed by atoms with E-state index in [-0.39, 0.29) is 5.91 Å². The van der Waals surface area contributed by atoms with Gasteiger partial charge in [0.15, 0.2) is 5.65 Å². The van der Waals surface area contributed by atoms with Crippen molar-refractivity contribution in [1.29, 1.82) is 0 Å². The van der Waals surface area contributed by atoms with E-state index in [1.54, 1.807) is 0 Å². The van der Waals surface area contributed by atoms with Crippen molar-refractivity contribution in [1.82, 2.24) is 19.4 Å². The number of imidazole rings is 1. The van der Waals surface area contributed by atoms with E-state index in [4.69, 9.17) is 4.98 Å². The van der Waals surface area contributed by atoms with Gasteiger partial charge in [0.2, 0.25) is 0 Å². The number of carbonyl (C=O) groups excluding carboxylic acids is 1. The molecule has 2 aromatic heterocycles. The molecule has 1 aliphatic rings. The van der Waals surface area contributed by atoms with Gasteiger partial charge in [0, 0.05) is 24.3 Å². The minimum Gasteiger partial charge on any atom is -0.331 e. The van der Waals surface area contributed by atoms with E-state index in [1.807, 2.05) is 53.6 Å². The smallest absolute Gasteiger partial charge is 0.254 e. The zero-order valence-electron chi connectivity index (χ0n) is 16.7. The Kier molecular flexibility index (Phi) is 5.42. The van der Waals surface area contributed by atoms with Gasteiger partial charge in [-0.1, -0.05) is 44.9 Å². The van der Waals surface area contributed by atoms with E-state index in [9.17, 15) is 4.79 Å². The highest BCUT2D eigenvalue weighted by atomic mass is 16.2. The summed E-state index contributed by atoms with van der Waals surface area (Å²) in [6.07, 6.45) is 6.64. The van der Waals surface area contributed by atoms with Crippen molar-refractivity contribution in [3.8, 4) is 0 Å². The molecule has 0 bridgehead atoms. The lowest BCUT2D eigenvalue weighted by Crippen LogP contribution is -2.35. The fraction of sp³-hybridized carbons (Fsp3) is 0.435. The summed E-state index contributed by atoms with van der Waals surface area (Å²) in [7, 11) is 0. The van der Waals surface area contributed by atoms with Gasteiger partial charge in [-0.3, -0.25) is 4.79 Å². The normalized spacial score (nSPS) is 14.8. The molecule has 0 radical (unpaired) electrons. The van der Waals surface area contributed by atoms with Gasteiger partial charge in [-0.15, -0.1) is 0 Å². The molecule has 5 nitrogen and oxygen atoms in total. The highest BCUT2D eigenvalue weighted by molar-refractivity contribution is 5.94. The first-order valence-corrected chi connectivity index (χ1v) is 10.3. The van der Waals surface area contributed by atoms with Crippen molar-refractivity contribution in [2.24, 2.45) is 5.92 Å². The number of pyridine rings is 1. The van der Waals surface area contributed by atoms with E-state index < -0.39 is 0 Å². The molecule has 1 aliphatic carbocycles. The quantitative estimate of drug-likeness (QED) is 0.618. The summed E-state index contributed by atoms with van der Waals surface area (Å²) in [5.41, 5.74) is 2.59. The van der Waals surface area contributed by atoms with Crippen LogP contribution in [-0.4, -0.2) is 31.9 Å². The molecule has 4 rings (SSSR count). The maximum Gasteiger partial charge on any atom is 0.254 e. The Morgan fingerprint density at radius 1 is 1.14 bits per heavy atom. The highest BCUT2D eigenvalue weighted by Crippen LogP contribution is 2.33. The van der Waals surface area contributed by atoms with Gasteiger partial charge in [0.05, 0.1) is 6.54 Å². The van der Waals surface area contributed by atoms with Crippen LogP contribution in [0.25, 0.3) is 11.2 Å². The number of benzene rings is 1. The van der Waals surface area contributed by atoms with E-state index >= 15 is 0 Å². The molecule has 1 fully saturated rings. The molecule has 0 N–H and O–H groups in total. The predicted octanol–water partition coefficient (Wildman–Crippen LogP) is 4.84. The number of hydrogen-bond donors (Lipinski definition) is 0. The van der Waals surface area contributed by atoms with Crippen LogP contribution in [-0.2, 0) is 6.54 Å². The lowest BCUT2D eigenvalue weighted by molar-refractivity contribution is 0.0715. The van der Waals surface area contributed by atoms with Crippen molar-refractivity contribution >= 4 is 17.1 Å². The van der Waals surface area contributed by atoms with Crippen molar-refractivity contribution in [2.75, 3.05) is 6.54 Å². The Bertz CT molecular complexity index is 942. The first kappa shape index (κ1) is 18.7. The average molecular weight is 377 g/mol. The van der Waals surface area contributed by atoms with Gasteiger partial charge in [0.25, 0.3) is 5.91 Å². The molecule has 1 saturated carbocycles. The molecule has 0 unspecified atom stereocenters. The standard InChI is InChI=1S/C23H28N4O/c1-17(2)15-26(23(28)18-9-4-3-5-10-18)16-21-25-20-13-8-14-24-22(20)27(21)19-11-6-7-12-19/h3-5,8-10,13-14,17,19H,6-7,11-12,15-16H2,1-2H3. The van der Waals surface area contributed by atoms with Crippen molar-refractivity contribution in [3.63, 3.8) is 0 Å². The summed E-state index contributed by atoms with van der Waals surface area (Å²) in [6, 6.07) is 13.9. The van der Waals surface area contributed by atoms with Crippen LogP contribution in [0.15, 0.2) is 48.7 Å². The molecule has 0 spiro atoms. The van der Waals surface area contributed by atoms with Crippen LogP contribution >= 0.6 is 0 Å². The van der Waals surface area contributed by atoms with Crippen LogP contribution in [0.3, 0.4) is 0 Å². The largest absolute Gasteiger partial charge is 0.331 e. The Hall–Kier alpha value is -2.69. The van der Waals surface area contributed by atoms with Gasteiger partial charge in [0.1, 0.15) is 11.3 Å². The topological polar surface area (TPSA) is 51.0 Å². The van der Waals surface area contributed by atoms with Crippen molar-refractivity contribution in [2.45, 2.75) is 52.1 Å². The summed E-state index contributed by atoms with van der Waals surface area (Å²) in [4.78, 5) is 24.6. The second-order valence-corrected chi connectivity index (χ2v) is 8.13. The van der Waals surface area contributed by atoms with E-state index in [1.165, 1.54) is 12.8 Å². The molecule has 28 heavy (non-hydrogen) atoms. The zero-order valence-corrected chi connectivity index (χ0v) is 16.7. The number of hydrogen-bond acceptors (Lipinski definition) is 3. The summed E-state index contributed by atoms with van der Waals surface area (Å²) < 4.78 is 2.30. The van der Waals surface area contributed by atoms with Crippen LogP contribution in [0.2, 0.25) is 0 Å². The molecule has 0 saturated heterocycles. The Morgan fingerprint density at radius 2 is 1.89 bits per heavy atom. The Morgan fingerprint density at radius 3 is 2.61 bits per heavy atom. The first-order valence-electron chi connectivity index (χ1n) is 10.3. The van der Waals surface area contributed by atoms with Gasteiger partial charge in [-0.05, 0) is 43.0 Å². The summed E-state index contributed by atoms with van der Waals surface area (Å²) in [6.45, 7) is 5.51. The number of nitrogens with zero attached hydrogens (tertiary/aromatic N) is 4. The first-order chi connectivity index (χ1) is 13.6. The van der Waals surface area contributed by atoms with Gasteiger partial charge < -0.3 is 9.47 Å². The lowest BCUT2D eigenvalue weighted by Gasteiger charge is -2.26. The zero-order chi connectivity index (χ0) is 19.5. The van der Waals surface area contributed by atoms with Crippen LogP contribution < -0.4 is 0 Å². The van der Waals surface area contributed by atoms with Crippen molar-refractivity contribution < 1.29 is 4.79 Å². The molecular weight excluding hydrogens is 348 g/mol. The third-order valence-corrected chi connectivity index (χ3v) is 5.44. The fourth-order valence-corrected chi connectivity index (χ4v) is 4.23. The second-order valence-electron chi connectivity index (χ2n) is 8.13. The number of carbonyl (C=O) groups is 1. The number of fused-ring (bicyclic) bond motifs is 1. The van der Waals surface area contributed by atoms with Crippen molar-refractivity contribution in [3.05, 3.63) is 60.0 Å². The molecule has 0 aliphatic heterocycles. The van der Waals surface area contributed by atoms with E-state index in [2.05, 4.69) is 23.4 Å². The molecular formula is C23H28N4O. The number of rotatable bonds is 6. The van der Waals surface area contributed by atoms with E-state index in [0.717, 1.165) is 35.4 Å². The number of amides is 1. The SMILES string of the molecule is CC(C)CN(Cc1nc2cccnc2n1C1CCCC1)C(=O)c1ccccc1. The molecule has 3 aromatic rings. The summed E-state index contributed by atoms with van der Waals surface area (Å²) in [5, 5.41) is 0. The molecule has 2 heterocycles.